The molecule has 6 nitrogen and oxygen atoms in total. The van der Waals surface area contributed by atoms with Crippen LogP contribution in [0.25, 0.3) is 11.1 Å². The highest BCUT2D eigenvalue weighted by atomic mass is 16.5. The second kappa shape index (κ2) is 14.9. The SMILES string of the molecule is CCCCCCOc1ccccc1CN(C(=O)c1ccc(-c2ccccc2)cc1)C1(O)CCCC1.O=CO. The van der Waals surface area contributed by atoms with Crippen LogP contribution in [0.5, 0.6) is 5.75 Å². The van der Waals surface area contributed by atoms with Crippen LogP contribution in [0.3, 0.4) is 0 Å². The van der Waals surface area contributed by atoms with E-state index in [1.54, 1.807) is 4.90 Å². The molecule has 0 bridgehead atoms. The third kappa shape index (κ3) is 7.93. The minimum atomic E-state index is -1.14. The van der Waals surface area contributed by atoms with Crippen LogP contribution in [-0.2, 0) is 11.3 Å². The summed E-state index contributed by atoms with van der Waals surface area (Å²) in [4.78, 5) is 23.8. The molecule has 3 aromatic carbocycles. The van der Waals surface area contributed by atoms with Crippen LogP contribution in [0.15, 0.2) is 78.9 Å². The maximum Gasteiger partial charge on any atom is 0.290 e. The molecule has 202 valence electrons. The Kier molecular flexibility index (Phi) is 11.4. The first-order chi connectivity index (χ1) is 18.5. The molecule has 1 saturated carbocycles. The normalized spacial score (nSPS) is 13.7. The second-order valence-electron chi connectivity index (χ2n) is 9.65. The first kappa shape index (κ1) is 28.9. The molecule has 0 heterocycles. The van der Waals surface area contributed by atoms with Gasteiger partial charge < -0.3 is 19.8 Å². The van der Waals surface area contributed by atoms with Crippen LogP contribution < -0.4 is 4.74 Å². The van der Waals surface area contributed by atoms with E-state index in [0.717, 1.165) is 48.1 Å². The van der Waals surface area contributed by atoms with Crippen molar-refractivity contribution in [3.05, 3.63) is 90.0 Å². The number of amides is 1. The van der Waals surface area contributed by atoms with Gasteiger partial charge in [0.2, 0.25) is 0 Å². The first-order valence-corrected chi connectivity index (χ1v) is 13.5. The zero-order valence-electron chi connectivity index (χ0n) is 22.2. The van der Waals surface area contributed by atoms with E-state index >= 15 is 0 Å². The van der Waals surface area contributed by atoms with Crippen LogP contribution in [0.1, 0.15) is 74.2 Å². The molecule has 38 heavy (non-hydrogen) atoms. The standard InChI is InChI=1S/C31H37NO3.CH2O2/c1-2-3-4-12-23-35-29-16-9-8-15-28(29)24-32(31(34)21-10-11-22-31)30(33)27-19-17-26(18-20-27)25-13-6-5-7-14-25;2-1-3/h5-9,13-20,34H,2-4,10-12,21-24H2,1H3;1H,(H,2,3). The molecule has 1 amide bonds. The molecule has 0 saturated heterocycles. The Morgan fingerprint density at radius 3 is 2.16 bits per heavy atom. The maximum absolute atomic E-state index is 13.8. The van der Waals surface area contributed by atoms with E-state index in [9.17, 15) is 9.90 Å². The Morgan fingerprint density at radius 1 is 0.895 bits per heavy atom. The molecule has 0 radical (unpaired) electrons. The third-order valence-corrected chi connectivity index (χ3v) is 6.95. The molecule has 1 aliphatic rings. The lowest BCUT2D eigenvalue weighted by Gasteiger charge is -2.37. The summed E-state index contributed by atoms with van der Waals surface area (Å²) in [6.45, 7) is 2.93. The van der Waals surface area contributed by atoms with E-state index in [-0.39, 0.29) is 12.4 Å². The third-order valence-electron chi connectivity index (χ3n) is 6.95. The summed E-state index contributed by atoms with van der Waals surface area (Å²) in [7, 11) is 0. The van der Waals surface area contributed by atoms with Crippen molar-refractivity contribution < 1.29 is 24.5 Å². The summed E-state index contributed by atoms with van der Waals surface area (Å²) in [5.74, 6) is 0.648. The van der Waals surface area contributed by atoms with Gasteiger partial charge in [-0.1, -0.05) is 86.8 Å². The number of ether oxygens (including phenoxy) is 1. The minimum absolute atomic E-state index is 0.147. The van der Waals surface area contributed by atoms with Crippen LogP contribution >= 0.6 is 0 Å². The number of carbonyl (C=O) groups excluding carboxylic acids is 1. The number of nitrogens with zero attached hydrogens (tertiary/aromatic N) is 1. The Hall–Kier alpha value is -3.64. The number of hydrogen-bond donors (Lipinski definition) is 2. The summed E-state index contributed by atoms with van der Waals surface area (Å²) in [5, 5.41) is 18.4. The lowest BCUT2D eigenvalue weighted by Crippen LogP contribution is -2.49. The van der Waals surface area contributed by atoms with E-state index in [4.69, 9.17) is 14.6 Å². The number of para-hydroxylation sites is 1. The van der Waals surface area contributed by atoms with E-state index < -0.39 is 5.72 Å². The first-order valence-electron chi connectivity index (χ1n) is 13.5. The zero-order valence-corrected chi connectivity index (χ0v) is 22.2. The van der Waals surface area contributed by atoms with Gasteiger partial charge in [-0.15, -0.1) is 0 Å². The van der Waals surface area contributed by atoms with Gasteiger partial charge in [0.15, 0.2) is 0 Å². The highest BCUT2D eigenvalue weighted by Gasteiger charge is 2.41. The Balaban J connectivity index is 0.00000127. The monoisotopic (exact) mass is 517 g/mol. The molecule has 1 fully saturated rings. The Morgan fingerprint density at radius 2 is 1.50 bits per heavy atom. The fourth-order valence-electron chi connectivity index (χ4n) is 4.87. The highest BCUT2D eigenvalue weighted by molar-refractivity contribution is 5.95. The van der Waals surface area contributed by atoms with Gasteiger partial charge in [0, 0.05) is 11.1 Å². The quantitative estimate of drug-likeness (QED) is 0.164. The van der Waals surface area contributed by atoms with E-state index in [1.807, 2.05) is 66.7 Å². The lowest BCUT2D eigenvalue weighted by molar-refractivity contribution is -0.122. The van der Waals surface area contributed by atoms with Crippen molar-refractivity contribution in [1.29, 1.82) is 0 Å². The number of carbonyl (C=O) groups is 2. The molecule has 1 aliphatic carbocycles. The van der Waals surface area contributed by atoms with Crippen molar-refractivity contribution in [2.75, 3.05) is 6.61 Å². The molecule has 0 atom stereocenters. The summed E-state index contributed by atoms with van der Waals surface area (Å²) in [5.41, 5.74) is 2.56. The predicted octanol–water partition coefficient (Wildman–Crippen LogP) is 6.92. The van der Waals surface area contributed by atoms with Gasteiger partial charge >= 0.3 is 0 Å². The van der Waals surface area contributed by atoms with Crippen LogP contribution in [0, 0.1) is 0 Å². The van der Waals surface area contributed by atoms with Gasteiger partial charge in [0.1, 0.15) is 11.5 Å². The molecule has 0 unspecified atom stereocenters. The topological polar surface area (TPSA) is 87.1 Å². The van der Waals surface area contributed by atoms with Gasteiger partial charge in [-0.05, 0) is 61.4 Å². The molecule has 2 N–H and O–H groups in total. The van der Waals surface area contributed by atoms with Gasteiger partial charge in [0.05, 0.1) is 13.2 Å². The van der Waals surface area contributed by atoms with Gasteiger partial charge in [-0.25, -0.2) is 0 Å². The van der Waals surface area contributed by atoms with E-state index in [0.29, 0.717) is 31.6 Å². The van der Waals surface area contributed by atoms with Crippen molar-refractivity contribution in [3.63, 3.8) is 0 Å². The molecule has 0 aromatic heterocycles. The fourth-order valence-corrected chi connectivity index (χ4v) is 4.87. The number of carboxylic acid groups (broad SMARTS) is 1. The minimum Gasteiger partial charge on any atom is -0.493 e. The van der Waals surface area contributed by atoms with Gasteiger partial charge in [0.25, 0.3) is 12.4 Å². The van der Waals surface area contributed by atoms with Crippen molar-refractivity contribution in [3.8, 4) is 16.9 Å². The Bertz CT molecular complexity index is 1120. The molecular weight excluding hydrogens is 478 g/mol. The van der Waals surface area contributed by atoms with Crippen molar-refractivity contribution in [2.45, 2.75) is 70.6 Å². The molecule has 6 heteroatoms. The van der Waals surface area contributed by atoms with Crippen LogP contribution in [-0.4, -0.2) is 39.8 Å². The predicted molar refractivity (Wildman–Crippen MR) is 150 cm³/mol. The summed E-state index contributed by atoms with van der Waals surface area (Å²) < 4.78 is 6.11. The van der Waals surface area contributed by atoms with E-state index in [1.165, 1.54) is 12.8 Å². The van der Waals surface area contributed by atoms with Gasteiger partial charge in [-0.3, -0.25) is 9.59 Å². The molecule has 3 aromatic rings. The van der Waals surface area contributed by atoms with Gasteiger partial charge in [-0.2, -0.15) is 0 Å². The number of unbranched alkanes of at least 4 members (excludes halogenated alkanes) is 3. The number of benzene rings is 3. The fraction of sp³-hybridized carbons (Fsp3) is 0.375. The number of hydrogen-bond acceptors (Lipinski definition) is 4. The molecule has 0 aliphatic heterocycles. The summed E-state index contributed by atoms with van der Waals surface area (Å²) >= 11 is 0. The molecule has 0 spiro atoms. The highest BCUT2D eigenvalue weighted by Crippen LogP contribution is 2.36. The van der Waals surface area contributed by atoms with Crippen molar-refractivity contribution in [2.24, 2.45) is 0 Å². The lowest BCUT2D eigenvalue weighted by atomic mass is 10.0. The average Bonchev–Trinajstić information content (AvgIpc) is 3.40. The zero-order chi connectivity index (χ0) is 27.2. The largest absolute Gasteiger partial charge is 0.493 e. The molecular formula is C32H39NO5. The maximum atomic E-state index is 13.8. The number of aliphatic hydroxyl groups is 1. The summed E-state index contributed by atoms with van der Waals surface area (Å²) in [6, 6.07) is 25.7. The second-order valence-corrected chi connectivity index (χ2v) is 9.65. The average molecular weight is 518 g/mol. The van der Waals surface area contributed by atoms with Crippen molar-refractivity contribution >= 4 is 12.4 Å². The van der Waals surface area contributed by atoms with E-state index in [2.05, 4.69) is 19.1 Å². The molecule has 4 rings (SSSR count). The van der Waals surface area contributed by atoms with Crippen LogP contribution in [0.2, 0.25) is 0 Å². The smallest absolute Gasteiger partial charge is 0.290 e. The summed E-state index contributed by atoms with van der Waals surface area (Å²) in [6.07, 6.45) is 7.61. The van der Waals surface area contributed by atoms with Crippen molar-refractivity contribution in [1.82, 2.24) is 4.90 Å². The number of rotatable bonds is 11. The van der Waals surface area contributed by atoms with Crippen LogP contribution in [0.4, 0.5) is 0 Å². The Labute approximate surface area is 225 Å².